The van der Waals surface area contributed by atoms with Gasteiger partial charge >= 0.3 is 7.67 Å². The fourth-order valence-electron chi connectivity index (χ4n) is 0.646. The average molecular weight is 245 g/mol. The largest absolute Gasteiger partial charge is 0.422 e. The predicted octanol–water partition coefficient (Wildman–Crippen LogP) is 1.93. The van der Waals surface area contributed by atoms with Crippen LogP contribution in [0.3, 0.4) is 0 Å². The summed E-state index contributed by atoms with van der Waals surface area (Å²) in [6.07, 6.45) is 0. The standard InChI is InChI=1S/C6H9N2O2P.2ClH/c7-11(8,9)10-6-4-2-1-3-5-6;;/h1-5H,(H4,7,8,9);2*1H. The number of hydrogen-bond donors (Lipinski definition) is 2. The Balaban J connectivity index is 0. The number of benzene rings is 1. The topological polar surface area (TPSA) is 78.3 Å². The fraction of sp³-hybridized carbons (Fsp3) is 0. The Hall–Kier alpha value is -0.250. The highest BCUT2D eigenvalue weighted by atomic mass is 35.5. The molecule has 1 rings (SSSR count). The van der Waals surface area contributed by atoms with Crippen molar-refractivity contribution >= 4 is 32.5 Å². The molecule has 76 valence electrons. The molecule has 0 spiro atoms. The number of para-hydroxylation sites is 1. The van der Waals surface area contributed by atoms with E-state index in [0.717, 1.165) is 0 Å². The molecule has 1 aromatic rings. The van der Waals surface area contributed by atoms with E-state index < -0.39 is 7.67 Å². The Bertz CT molecular complexity index is 277. The Morgan fingerprint density at radius 2 is 1.54 bits per heavy atom. The zero-order chi connectivity index (χ0) is 8.32. The van der Waals surface area contributed by atoms with Gasteiger partial charge in [-0.05, 0) is 12.1 Å². The molecule has 0 aliphatic rings. The summed E-state index contributed by atoms with van der Waals surface area (Å²) in [5.41, 5.74) is 9.96. The summed E-state index contributed by atoms with van der Waals surface area (Å²) in [7, 11) is -3.39. The Labute approximate surface area is 89.0 Å². The number of nitrogens with two attached hydrogens (primary N) is 2. The molecule has 4 N–H and O–H groups in total. The molecular formula is C6H11Cl2N2O2P. The third kappa shape index (κ3) is 6.87. The van der Waals surface area contributed by atoms with Crippen LogP contribution in [0.15, 0.2) is 30.3 Å². The lowest BCUT2D eigenvalue weighted by atomic mass is 10.3. The van der Waals surface area contributed by atoms with Gasteiger partial charge in [-0.25, -0.2) is 15.6 Å². The van der Waals surface area contributed by atoms with Crippen LogP contribution in [0.4, 0.5) is 0 Å². The lowest BCUT2D eigenvalue weighted by Gasteiger charge is -2.07. The first kappa shape index (κ1) is 15.2. The van der Waals surface area contributed by atoms with Gasteiger partial charge in [0, 0.05) is 0 Å². The summed E-state index contributed by atoms with van der Waals surface area (Å²) in [6.45, 7) is 0. The third-order valence-electron chi connectivity index (χ3n) is 0.991. The van der Waals surface area contributed by atoms with E-state index in [4.69, 9.17) is 15.5 Å². The monoisotopic (exact) mass is 244 g/mol. The summed E-state index contributed by atoms with van der Waals surface area (Å²) in [5.74, 6) is 0.417. The van der Waals surface area contributed by atoms with Gasteiger partial charge in [-0.15, -0.1) is 24.8 Å². The van der Waals surface area contributed by atoms with Crippen molar-refractivity contribution in [2.75, 3.05) is 0 Å². The van der Waals surface area contributed by atoms with Crippen molar-refractivity contribution in [3.63, 3.8) is 0 Å². The van der Waals surface area contributed by atoms with Gasteiger partial charge < -0.3 is 4.52 Å². The lowest BCUT2D eigenvalue weighted by molar-refractivity contribution is 0.484. The molecule has 0 saturated heterocycles. The van der Waals surface area contributed by atoms with Crippen LogP contribution in [0.25, 0.3) is 0 Å². The molecule has 0 fully saturated rings. The second-order valence-corrected chi connectivity index (χ2v) is 3.52. The van der Waals surface area contributed by atoms with E-state index in [1.807, 2.05) is 6.07 Å². The molecule has 0 aromatic heterocycles. The fourth-order valence-corrected chi connectivity index (χ4v) is 1.10. The molecule has 0 heterocycles. The van der Waals surface area contributed by atoms with Crippen LogP contribution >= 0.6 is 32.5 Å². The average Bonchev–Trinajstić information content (AvgIpc) is 1.85. The van der Waals surface area contributed by atoms with E-state index in [1.54, 1.807) is 24.3 Å². The zero-order valence-corrected chi connectivity index (χ0v) is 9.15. The van der Waals surface area contributed by atoms with Crippen LogP contribution in [-0.2, 0) is 4.57 Å². The smallest absolute Gasteiger partial charge is 0.385 e. The highest BCUT2D eigenvalue weighted by Crippen LogP contribution is 2.29. The highest BCUT2D eigenvalue weighted by Gasteiger charge is 2.08. The van der Waals surface area contributed by atoms with Crippen molar-refractivity contribution in [3.8, 4) is 5.75 Å². The van der Waals surface area contributed by atoms with Gasteiger partial charge in [0.25, 0.3) is 0 Å². The lowest BCUT2D eigenvalue weighted by Crippen LogP contribution is -2.10. The van der Waals surface area contributed by atoms with Crippen molar-refractivity contribution < 1.29 is 9.09 Å². The van der Waals surface area contributed by atoms with Crippen LogP contribution < -0.4 is 15.5 Å². The Kier molecular flexibility index (Phi) is 7.31. The van der Waals surface area contributed by atoms with Crippen molar-refractivity contribution in [3.05, 3.63) is 30.3 Å². The van der Waals surface area contributed by atoms with E-state index in [-0.39, 0.29) is 24.8 Å². The van der Waals surface area contributed by atoms with Crippen LogP contribution in [0, 0.1) is 0 Å². The SMILES string of the molecule is Cl.Cl.NP(N)(=O)Oc1ccccc1. The maximum absolute atomic E-state index is 10.7. The summed E-state index contributed by atoms with van der Waals surface area (Å²) in [5, 5.41) is 0. The summed E-state index contributed by atoms with van der Waals surface area (Å²) >= 11 is 0. The van der Waals surface area contributed by atoms with Gasteiger partial charge in [0.1, 0.15) is 5.75 Å². The van der Waals surface area contributed by atoms with Gasteiger partial charge in [-0.1, -0.05) is 18.2 Å². The van der Waals surface area contributed by atoms with E-state index in [2.05, 4.69) is 0 Å². The second kappa shape index (κ2) is 6.24. The molecule has 4 nitrogen and oxygen atoms in total. The van der Waals surface area contributed by atoms with Crippen LogP contribution in [0.1, 0.15) is 0 Å². The molecule has 0 aliphatic heterocycles. The van der Waals surface area contributed by atoms with Gasteiger partial charge in [0.2, 0.25) is 0 Å². The Morgan fingerprint density at radius 3 is 1.92 bits per heavy atom. The van der Waals surface area contributed by atoms with E-state index in [0.29, 0.717) is 5.75 Å². The minimum atomic E-state index is -3.39. The first-order chi connectivity index (χ1) is 5.08. The summed E-state index contributed by atoms with van der Waals surface area (Å²) in [6, 6.07) is 8.56. The van der Waals surface area contributed by atoms with Crippen molar-refractivity contribution in [1.82, 2.24) is 0 Å². The van der Waals surface area contributed by atoms with Crippen LogP contribution in [0.5, 0.6) is 5.75 Å². The molecule has 0 unspecified atom stereocenters. The molecule has 0 radical (unpaired) electrons. The van der Waals surface area contributed by atoms with Gasteiger partial charge in [-0.3, -0.25) is 0 Å². The number of hydrogen-bond acceptors (Lipinski definition) is 2. The zero-order valence-electron chi connectivity index (χ0n) is 6.62. The van der Waals surface area contributed by atoms with Crippen molar-refractivity contribution in [2.24, 2.45) is 11.0 Å². The Morgan fingerprint density at radius 1 is 1.08 bits per heavy atom. The van der Waals surface area contributed by atoms with E-state index in [9.17, 15) is 4.57 Å². The molecule has 0 aliphatic carbocycles. The number of halogens is 2. The van der Waals surface area contributed by atoms with Crippen molar-refractivity contribution in [1.29, 1.82) is 0 Å². The molecule has 0 amide bonds. The summed E-state index contributed by atoms with van der Waals surface area (Å²) in [4.78, 5) is 0. The molecule has 0 bridgehead atoms. The minimum Gasteiger partial charge on any atom is -0.422 e. The molecule has 7 heteroatoms. The third-order valence-corrected chi connectivity index (χ3v) is 1.49. The molecular weight excluding hydrogens is 234 g/mol. The van der Waals surface area contributed by atoms with Crippen molar-refractivity contribution in [2.45, 2.75) is 0 Å². The second-order valence-electron chi connectivity index (χ2n) is 2.05. The molecule has 0 saturated carbocycles. The first-order valence-corrected chi connectivity index (χ1v) is 4.76. The normalized spacial score (nSPS) is 9.38. The minimum absolute atomic E-state index is 0. The van der Waals surface area contributed by atoms with Gasteiger partial charge in [-0.2, -0.15) is 0 Å². The van der Waals surface area contributed by atoms with Crippen LogP contribution in [-0.4, -0.2) is 0 Å². The van der Waals surface area contributed by atoms with Gasteiger partial charge in [0.05, 0.1) is 0 Å². The maximum atomic E-state index is 10.7. The maximum Gasteiger partial charge on any atom is 0.385 e. The van der Waals surface area contributed by atoms with Gasteiger partial charge in [0.15, 0.2) is 0 Å². The molecule has 0 atom stereocenters. The molecule has 1 aromatic carbocycles. The predicted molar refractivity (Wildman–Crippen MR) is 57.5 cm³/mol. The highest BCUT2D eigenvalue weighted by molar-refractivity contribution is 7.54. The number of rotatable bonds is 2. The quantitative estimate of drug-likeness (QED) is 0.780. The first-order valence-electron chi connectivity index (χ1n) is 3.00. The van der Waals surface area contributed by atoms with Crippen LogP contribution in [0.2, 0.25) is 0 Å². The molecule has 13 heavy (non-hydrogen) atoms. The van der Waals surface area contributed by atoms with E-state index >= 15 is 0 Å². The summed E-state index contributed by atoms with van der Waals surface area (Å²) < 4.78 is 15.4. The van der Waals surface area contributed by atoms with E-state index in [1.165, 1.54) is 0 Å².